The van der Waals surface area contributed by atoms with Gasteiger partial charge in [0.2, 0.25) is 11.8 Å². The molecule has 1 amide bonds. The highest BCUT2D eigenvalue weighted by atomic mass is 16.4. The van der Waals surface area contributed by atoms with Gasteiger partial charge in [0.25, 0.3) is 0 Å². The lowest BCUT2D eigenvalue weighted by atomic mass is 10.1. The first kappa shape index (κ1) is 16.6. The molecule has 26 heavy (non-hydrogen) atoms. The molecule has 1 fully saturated rings. The summed E-state index contributed by atoms with van der Waals surface area (Å²) in [4.78, 5) is 19.5. The number of carbonyl (C=O) groups excluding carboxylic acids is 1. The summed E-state index contributed by atoms with van der Waals surface area (Å²) in [7, 11) is 0. The van der Waals surface area contributed by atoms with E-state index in [2.05, 4.69) is 4.98 Å². The first-order valence-corrected chi connectivity index (χ1v) is 9.00. The molecule has 0 N–H and O–H groups in total. The van der Waals surface area contributed by atoms with Crippen LogP contribution in [0.4, 0.5) is 0 Å². The van der Waals surface area contributed by atoms with Gasteiger partial charge >= 0.3 is 0 Å². The van der Waals surface area contributed by atoms with Crippen molar-refractivity contribution in [3.63, 3.8) is 0 Å². The van der Waals surface area contributed by atoms with Crippen LogP contribution in [0.25, 0.3) is 11.5 Å². The van der Waals surface area contributed by atoms with Gasteiger partial charge in [0.15, 0.2) is 0 Å². The van der Waals surface area contributed by atoms with Crippen LogP contribution in [0.2, 0.25) is 0 Å². The van der Waals surface area contributed by atoms with Crippen molar-refractivity contribution in [1.82, 2.24) is 9.88 Å². The quantitative estimate of drug-likeness (QED) is 0.655. The summed E-state index contributed by atoms with van der Waals surface area (Å²) in [6.45, 7) is 3.87. The van der Waals surface area contributed by atoms with Crippen molar-refractivity contribution in [3.05, 3.63) is 65.9 Å². The van der Waals surface area contributed by atoms with Crippen molar-refractivity contribution < 1.29 is 13.6 Å². The fourth-order valence-corrected chi connectivity index (χ4v) is 3.29. The first-order valence-electron chi connectivity index (χ1n) is 9.00. The topological polar surface area (TPSA) is 59.5 Å². The van der Waals surface area contributed by atoms with E-state index in [1.807, 2.05) is 61.2 Å². The molecule has 0 radical (unpaired) electrons. The number of hydrogen-bond acceptors (Lipinski definition) is 4. The Morgan fingerprint density at radius 3 is 2.65 bits per heavy atom. The van der Waals surface area contributed by atoms with Crippen molar-refractivity contribution in [1.29, 1.82) is 0 Å². The van der Waals surface area contributed by atoms with Crippen LogP contribution in [0.3, 0.4) is 0 Å². The lowest BCUT2D eigenvalue weighted by Crippen LogP contribution is -2.36. The minimum absolute atomic E-state index is 0.0624. The predicted octanol–water partition coefficient (Wildman–Crippen LogP) is 4.54. The number of carbonyl (C=O) groups is 1. The SMILES string of the molecule is Cc1oc(-c2ccccc2)nc1CC(=O)N(C1CC1)C(C)c1ccco1. The van der Waals surface area contributed by atoms with E-state index in [0.29, 0.717) is 23.4 Å². The van der Waals surface area contributed by atoms with Gasteiger partial charge in [0.1, 0.15) is 11.5 Å². The van der Waals surface area contributed by atoms with Crippen LogP contribution in [0, 0.1) is 6.92 Å². The molecule has 1 aromatic carbocycles. The summed E-state index contributed by atoms with van der Waals surface area (Å²) in [6.07, 6.45) is 3.98. The van der Waals surface area contributed by atoms with Gasteiger partial charge < -0.3 is 13.7 Å². The highest BCUT2D eigenvalue weighted by molar-refractivity contribution is 5.79. The molecule has 1 aliphatic carbocycles. The number of rotatable bonds is 6. The Bertz CT molecular complexity index is 879. The summed E-state index contributed by atoms with van der Waals surface area (Å²) in [6, 6.07) is 13.7. The average molecular weight is 350 g/mol. The monoisotopic (exact) mass is 350 g/mol. The molecule has 1 aliphatic rings. The van der Waals surface area contributed by atoms with Crippen LogP contribution in [0.15, 0.2) is 57.6 Å². The van der Waals surface area contributed by atoms with E-state index < -0.39 is 0 Å². The van der Waals surface area contributed by atoms with E-state index >= 15 is 0 Å². The van der Waals surface area contributed by atoms with Gasteiger partial charge in [-0.25, -0.2) is 4.98 Å². The summed E-state index contributed by atoms with van der Waals surface area (Å²) < 4.78 is 11.3. The first-order chi connectivity index (χ1) is 12.6. The largest absolute Gasteiger partial charge is 0.467 e. The van der Waals surface area contributed by atoms with Crippen molar-refractivity contribution in [2.75, 3.05) is 0 Å². The van der Waals surface area contributed by atoms with Gasteiger partial charge in [0, 0.05) is 11.6 Å². The zero-order valence-corrected chi connectivity index (χ0v) is 15.0. The van der Waals surface area contributed by atoms with Gasteiger partial charge in [-0.1, -0.05) is 18.2 Å². The number of hydrogen-bond donors (Lipinski definition) is 0. The van der Waals surface area contributed by atoms with Crippen molar-refractivity contribution in [2.45, 2.75) is 45.2 Å². The van der Waals surface area contributed by atoms with Crippen LogP contribution in [0.1, 0.15) is 43.0 Å². The molecule has 1 unspecified atom stereocenters. The molecule has 3 aromatic rings. The second-order valence-corrected chi connectivity index (χ2v) is 6.79. The number of oxazole rings is 1. The standard InChI is InChI=1S/C21H22N2O3/c1-14(19-9-6-12-25-19)23(17-10-11-17)20(24)13-18-15(2)26-21(22-18)16-7-4-3-5-8-16/h3-9,12,14,17H,10-11,13H2,1-2H3. The van der Waals surface area contributed by atoms with Gasteiger partial charge in [-0.3, -0.25) is 4.79 Å². The Hall–Kier alpha value is -2.82. The second-order valence-electron chi connectivity index (χ2n) is 6.79. The summed E-state index contributed by atoms with van der Waals surface area (Å²) in [5, 5.41) is 0. The molecule has 0 bridgehead atoms. The summed E-state index contributed by atoms with van der Waals surface area (Å²) >= 11 is 0. The number of amides is 1. The van der Waals surface area contributed by atoms with Gasteiger partial charge in [-0.2, -0.15) is 0 Å². The maximum Gasteiger partial charge on any atom is 0.229 e. The summed E-state index contributed by atoms with van der Waals surface area (Å²) in [5.74, 6) is 2.13. The zero-order chi connectivity index (χ0) is 18.1. The Kier molecular flexibility index (Phi) is 4.37. The highest BCUT2D eigenvalue weighted by Gasteiger charge is 2.37. The van der Waals surface area contributed by atoms with E-state index in [1.165, 1.54) is 0 Å². The van der Waals surface area contributed by atoms with E-state index in [0.717, 1.165) is 24.2 Å². The van der Waals surface area contributed by atoms with E-state index in [4.69, 9.17) is 8.83 Å². The van der Waals surface area contributed by atoms with Gasteiger partial charge in [-0.15, -0.1) is 0 Å². The smallest absolute Gasteiger partial charge is 0.229 e. The Balaban J connectivity index is 1.54. The molecular formula is C21H22N2O3. The van der Waals surface area contributed by atoms with Gasteiger partial charge in [0.05, 0.1) is 24.4 Å². The number of aromatic nitrogens is 1. The molecule has 2 heterocycles. The van der Waals surface area contributed by atoms with Crippen LogP contribution in [0.5, 0.6) is 0 Å². The molecule has 2 aromatic heterocycles. The van der Waals surface area contributed by atoms with Crippen molar-refractivity contribution in [2.24, 2.45) is 0 Å². The molecule has 1 saturated carbocycles. The minimum Gasteiger partial charge on any atom is -0.467 e. The number of benzene rings is 1. The van der Waals surface area contributed by atoms with Crippen LogP contribution >= 0.6 is 0 Å². The molecule has 5 heteroatoms. The van der Waals surface area contributed by atoms with Crippen molar-refractivity contribution >= 4 is 5.91 Å². The lowest BCUT2D eigenvalue weighted by molar-refractivity contribution is -0.133. The number of furan rings is 1. The van der Waals surface area contributed by atoms with Crippen LogP contribution in [-0.4, -0.2) is 21.8 Å². The highest BCUT2D eigenvalue weighted by Crippen LogP contribution is 2.35. The second kappa shape index (κ2) is 6.83. The Morgan fingerprint density at radius 2 is 2.00 bits per heavy atom. The van der Waals surface area contributed by atoms with Crippen molar-refractivity contribution in [3.8, 4) is 11.5 Å². The van der Waals surface area contributed by atoms with E-state index in [1.54, 1.807) is 6.26 Å². The molecule has 4 rings (SSSR count). The fraction of sp³-hybridized carbons (Fsp3) is 0.333. The van der Waals surface area contributed by atoms with E-state index in [9.17, 15) is 4.79 Å². The third kappa shape index (κ3) is 3.29. The predicted molar refractivity (Wildman–Crippen MR) is 97.4 cm³/mol. The third-order valence-corrected chi connectivity index (χ3v) is 4.83. The van der Waals surface area contributed by atoms with Crippen LogP contribution < -0.4 is 0 Å². The number of aryl methyl sites for hydroxylation is 1. The average Bonchev–Trinajstić information content (AvgIpc) is 3.18. The summed E-state index contributed by atoms with van der Waals surface area (Å²) in [5.41, 5.74) is 1.61. The lowest BCUT2D eigenvalue weighted by Gasteiger charge is -2.28. The van der Waals surface area contributed by atoms with E-state index in [-0.39, 0.29) is 18.4 Å². The molecule has 0 saturated heterocycles. The maximum atomic E-state index is 13.0. The molecular weight excluding hydrogens is 328 g/mol. The fourth-order valence-electron chi connectivity index (χ4n) is 3.29. The molecule has 134 valence electrons. The van der Waals surface area contributed by atoms with Gasteiger partial charge in [-0.05, 0) is 51.0 Å². The molecule has 1 atom stereocenters. The Morgan fingerprint density at radius 1 is 1.23 bits per heavy atom. The minimum atomic E-state index is -0.0780. The normalized spacial score (nSPS) is 15.0. The molecule has 5 nitrogen and oxygen atoms in total. The molecule has 0 spiro atoms. The zero-order valence-electron chi connectivity index (χ0n) is 15.0. The third-order valence-electron chi connectivity index (χ3n) is 4.83. The number of nitrogens with zero attached hydrogens (tertiary/aromatic N) is 2. The van der Waals surface area contributed by atoms with Crippen LogP contribution in [-0.2, 0) is 11.2 Å². The Labute approximate surface area is 152 Å². The maximum absolute atomic E-state index is 13.0. The molecule has 0 aliphatic heterocycles.